The van der Waals surface area contributed by atoms with Crippen molar-refractivity contribution in [2.24, 2.45) is 0 Å². The van der Waals surface area contributed by atoms with Crippen LogP contribution in [0.4, 0.5) is 0 Å². The number of carbonyl (C=O) groups is 2. The fourth-order valence-corrected chi connectivity index (χ4v) is 3.06. The first-order valence-corrected chi connectivity index (χ1v) is 8.80. The van der Waals surface area contributed by atoms with E-state index in [4.69, 9.17) is 4.74 Å². The SMILES string of the molecule is CCCCNC(=O)C(C)N1CCC(c2[nH]ncc2C(=O)OCC)C1. The number of amides is 1. The maximum atomic E-state index is 12.2. The van der Waals surface area contributed by atoms with Crippen LogP contribution in [-0.4, -0.2) is 59.3 Å². The molecular formula is C17H28N4O3. The molecule has 2 heterocycles. The number of likely N-dealkylation sites (tertiary alicyclic amines) is 1. The fourth-order valence-electron chi connectivity index (χ4n) is 3.06. The molecule has 2 unspecified atom stereocenters. The lowest BCUT2D eigenvalue weighted by atomic mass is 10.0. The van der Waals surface area contributed by atoms with Crippen LogP contribution in [0.15, 0.2) is 6.20 Å². The van der Waals surface area contributed by atoms with Crippen molar-refractivity contribution in [1.29, 1.82) is 0 Å². The molecule has 24 heavy (non-hydrogen) atoms. The first-order chi connectivity index (χ1) is 11.6. The van der Waals surface area contributed by atoms with E-state index in [1.54, 1.807) is 6.92 Å². The van der Waals surface area contributed by atoms with E-state index >= 15 is 0 Å². The first kappa shape index (κ1) is 18.4. The van der Waals surface area contributed by atoms with Crippen molar-refractivity contribution < 1.29 is 14.3 Å². The van der Waals surface area contributed by atoms with Gasteiger partial charge in [0.2, 0.25) is 5.91 Å². The van der Waals surface area contributed by atoms with Crippen molar-refractivity contribution >= 4 is 11.9 Å². The number of aromatic amines is 1. The van der Waals surface area contributed by atoms with Crippen LogP contribution in [0.5, 0.6) is 0 Å². The average Bonchev–Trinajstić information content (AvgIpc) is 3.23. The van der Waals surface area contributed by atoms with Crippen molar-refractivity contribution in [3.8, 4) is 0 Å². The number of hydrogen-bond donors (Lipinski definition) is 2. The summed E-state index contributed by atoms with van der Waals surface area (Å²) in [5, 5.41) is 9.92. The van der Waals surface area contributed by atoms with Gasteiger partial charge in [0.1, 0.15) is 5.56 Å². The van der Waals surface area contributed by atoms with Crippen molar-refractivity contribution in [2.75, 3.05) is 26.2 Å². The van der Waals surface area contributed by atoms with Crippen molar-refractivity contribution in [1.82, 2.24) is 20.4 Å². The van der Waals surface area contributed by atoms with E-state index in [-0.39, 0.29) is 23.8 Å². The molecule has 0 aromatic carbocycles. The molecule has 7 heteroatoms. The smallest absolute Gasteiger partial charge is 0.341 e. The zero-order chi connectivity index (χ0) is 17.5. The molecule has 0 radical (unpaired) electrons. The Morgan fingerprint density at radius 1 is 1.50 bits per heavy atom. The van der Waals surface area contributed by atoms with Crippen LogP contribution in [0.2, 0.25) is 0 Å². The third kappa shape index (κ3) is 4.35. The van der Waals surface area contributed by atoms with Gasteiger partial charge < -0.3 is 10.1 Å². The highest BCUT2D eigenvalue weighted by Gasteiger charge is 2.33. The molecule has 0 saturated carbocycles. The number of carbonyl (C=O) groups excluding carboxylic acids is 2. The minimum absolute atomic E-state index is 0.0688. The Labute approximate surface area is 143 Å². The molecule has 1 aliphatic rings. The lowest BCUT2D eigenvalue weighted by molar-refractivity contribution is -0.125. The number of nitrogens with one attached hydrogen (secondary N) is 2. The highest BCUT2D eigenvalue weighted by atomic mass is 16.5. The van der Waals surface area contributed by atoms with Crippen molar-refractivity contribution in [3.63, 3.8) is 0 Å². The van der Waals surface area contributed by atoms with E-state index in [9.17, 15) is 9.59 Å². The number of esters is 1. The van der Waals surface area contributed by atoms with Crippen LogP contribution in [0.1, 0.15) is 62.0 Å². The molecule has 1 aromatic heterocycles. The molecule has 0 spiro atoms. The molecule has 2 atom stereocenters. The van der Waals surface area contributed by atoms with E-state index in [2.05, 4.69) is 27.3 Å². The van der Waals surface area contributed by atoms with E-state index in [0.29, 0.717) is 12.2 Å². The summed E-state index contributed by atoms with van der Waals surface area (Å²) in [4.78, 5) is 26.4. The highest BCUT2D eigenvalue weighted by molar-refractivity contribution is 5.90. The maximum absolute atomic E-state index is 12.2. The molecule has 2 N–H and O–H groups in total. The van der Waals surface area contributed by atoms with Gasteiger partial charge >= 0.3 is 5.97 Å². The number of unbranched alkanes of at least 4 members (excludes halogenated alkanes) is 1. The average molecular weight is 336 g/mol. The second kappa shape index (κ2) is 8.82. The summed E-state index contributed by atoms with van der Waals surface area (Å²) >= 11 is 0. The molecule has 0 bridgehead atoms. The Morgan fingerprint density at radius 3 is 3.00 bits per heavy atom. The van der Waals surface area contributed by atoms with Gasteiger partial charge in [-0.1, -0.05) is 13.3 Å². The van der Waals surface area contributed by atoms with E-state index in [1.807, 2.05) is 6.92 Å². The molecule has 134 valence electrons. The van der Waals surface area contributed by atoms with Crippen LogP contribution < -0.4 is 5.32 Å². The van der Waals surface area contributed by atoms with Crippen LogP contribution in [0.25, 0.3) is 0 Å². The second-order valence-corrected chi connectivity index (χ2v) is 6.22. The molecule has 1 fully saturated rings. The fraction of sp³-hybridized carbons (Fsp3) is 0.706. The van der Waals surface area contributed by atoms with Gasteiger partial charge in [-0.25, -0.2) is 4.79 Å². The molecular weight excluding hydrogens is 308 g/mol. The Morgan fingerprint density at radius 2 is 2.29 bits per heavy atom. The van der Waals surface area contributed by atoms with Crippen molar-refractivity contribution in [3.05, 3.63) is 17.5 Å². The monoisotopic (exact) mass is 336 g/mol. The van der Waals surface area contributed by atoms with Gasteiger partial charge in [-0.2, -0.15) is 5.10 Å². The molecule has 1 saturated heterocycles. The molecule has 1 aromatic rings. The van der Waals surface area contributed by atoms with Crippen LogP contribution in [0, 0.1) is 0 Å². The largest absolute Gasteiger partial charge is 0.462 e. The summed E-state index contributed by atoms with van der Waals surface area (Å²) in [5.41, 5.74) is 1.32. The number of ether oxygens (including phenoxy) is 1. The van der Waals surface area contributed by atoms with E-state index in [1.165, 1.54) is 6.20 Å². The Bertz CT molecular complexity index is 558. The van der Waals surface area contributed by atoms with Gasteiger partial charge in [-0.3, -0.25) is 14.8 Å². The second-order valence-electron chi connectivity index (χ2n) is 6.22. The third-order valence-corrected chi connectivity index (χ3v) is 4.55. The van der Waals surface area contributed by atoms with Gasteiger partial charge in [0.15, 0.2) is 0 Å². The predicted molar refractivity (Wildman–Crippen MR) is 90.9 cm³/mol. The lowest BCUT2D eigenvalue weighted by Crippen LogP contribution is -2.44. The summed E-state index contributed by atoms with van der Waals surface area (Å²) in [5.74, 6) is -0.109. The van der Waals surface area contributed by atoms with Gasteiger partial charge in [0, 0.05) is 19.0 Å². The minimum atomic E-state index is -0.343. The topological polar surface area (TPSA) is 87.3 Å². The Kier molecular flexibility index (Phi) is 6.78. The van der Waals surface area contributed by atoms with Crippen molar-refractivity contribution in [2.45, 2.75) is 52.0 Å². The van der Waals surface area contributed by atoms with Crippen LogP contribution in [0.3, 0.4) is 0 Å². The Hall–Kier alpha value is -1.89. The summed E-state index contributed by atoms with van der Waals surface area (Å²) in [6.45, 7) is 8.45. The lowest BCUT2D eigenvalue weighted by Gasteiger charge is -2.23. The maximum Gasteiger partial charge on any atom is 0.341 e. The number of aromatic nitrogens is 2. The molecule has 2 rings (SSSR count). The van der Waals surface area contributed by atoms with Gasteiger partial charge in [0.25, 0.3) is 0 Å². The molecule has 0 aliphatic carbocycles. The molecule has 1 aliphatic heterocycles. The van der Waals surface area contributed by atoms with Gasteiger partial charge in [-0.05, 0) is 33.2 Å². The number of nitrogens with zero attached hydrogens (tertiary/aromatic N) is 2. The third-order valence-electron chi connectivity index (χ3n) is 4.55. The standard InChI is InChI=1S/C17H28N4O3/c1-4-6-8-18-16(22)12(3)21-9-7-13(11-21)15-14(10-19-20-15)17(23)24-5-2/h10,12-13H,4-9,11H2,1-3H3,(H,18,22)(H,19,20). The van der Waals surface area contributed by atoms with Gasteiger partial charge in [0.05, 0.1) is 24.5 Å². The molecule has 7 nitrogen and oxygen atoms in total. The van der Waals surface area contributed by atoms with Gasteiger partial charge in [-0.15, -0.1) is 0 Å². The number of rotatable bonds is 8. The normalized spacial score (nSPS) is 19.2. The quantitative estimate of drug-likeness (QED) is 0.557. The van der Waals surface area contributed by atoms with Crippen LogP contribution >= 0.6 is 0 Å². The summed E-state index contributed by atoms with van der Waals surface area (Å²) in [6.07, 6.45) is 4.48. The first-order valence-electron chi connectivity index (χ1n) is 8.80. The van der Waals surface area contributed by atoms with Crippen LogP contribution in [-0.2, 0) is 9.53 Å². The van der Waals surface area contributed by atoms with E-state index < -0.39 is 0 Å². The zero-order valence-corrected chi connectivity index (χ0v) is 14.8. The van der Waals surface area contributed by atoms with E-state index in [0.717, 1.165) is 44.6 Å². The molecule has 1 amide bonds. The summed E-state index contributed by atoms with van der Waals surface area (Å²) in [6, 6.07) is -0.166. The number of hydrogen-bond acceptors (Lipinski definition) is 5. The zero-order valence-electron chi connectivity index (χ0n) is 14.8. The minimum Gasteiger partial charge on any atom is -0.462 e. The summed E-state index contributed by atoms with van der Waals surface area (Å²) in [7, 11) is 0. The highest BCUT2D eigenvalue weighted by Crippen LogP contribution is 2.29. The number of H-pyrrole nitrogens is 1. The Balaban J connectivity index is 1.94. The summed E-state index contributed by atoms with van der Waals surface area (Å²) < 4.78 is 5.08. The predicted octanol–water partition coefficient (Wildman–Crippen LogP) is 1.68.